The van der Waals surface area contributed by atoms with E-state index in [4.69, 9.17) is 11.6 Å². The molecule has 0 bridgehead atoms. The highest BCUT2D eigenvalue weighted by atomic mass is 79.9. The third-order valence-corrected chi connectivity index (χ3v) is 3.38. The van der Waals surface area contributed by atoms with Crippen LogP contribution < -0.4 is 5.32 Å². The molecule has 18 heavy (non-hydrogen) atoms. The van der Waals surface area contributed by atoms with Crippen LogP contribution in [0.5, 0.6) is 0 Å². The minimum Gasteiger partial charge on any atom is -0.321 e. The Bertz CT molecular complexity index is 584. The van der Waals surface area contributed by atoms with Gasteiger partial charge in [-0.15, -0.1) is 0 Å². The lowest BCUT2D eigenvalue weighted by Crippen LogP contribution is -2.13. The fourth-order valence-corrected chi connectivity index (χ4v) is 1.91. The number of hydrogen-bond donors (Lipinski definition) is 1. The van der Waals surface area contributed by atoms with E-state index in [1.807, 2.05) is 6.92 Å². The predicted octanol–water partition coefficient (Wildman–Crippen LogP) is 4.06. The summed E-state index contributed by atoms with van der Waals surface area (Å²) in [5, 5.41) is 3.35. The van der Waals surface area contributed by atoms with Crippen LogP contribution in [0.15, 0.2) is 41.1 Å². The molecule has 0 fully saturated rings. The summed E-state index contributed by atoms with van der Waals surface area (Å²) in [7, 11) is 0. The van der Waals surface area contributed by atoms with Gasteiger partial charge in [0.15, 0.2) is 0 Å². The summed E-state index contributed by atoms with van der Waals surface area (Å²) < 4.78 is 0.722. The first kappa shape index (κ1) is 13.1. The quantitative estimate of drug-likeness (QED) is 0.846. The fraction of sp³-hybridized carbons (Fsp3) is 0.0769. The van der Waals surface area contributed by atoms with Gasteiger partial charge in [0.25, 0.3) is 5.91 Å². The zero-order valence-electron chi connectivity index (χ0n) is 9.58. The van der Waals surface area contributed by atoms with E-state index in [1.54, 1.807) is 36.5 Å². The highest BCUT2D eigenvalue weighted by Crippen LogP contribution is 2.20. The van der Waals surface area contributed by atoms with Gasteiger partial charge in [-0.2, -0.15) is 0 Å². The maximum atomic E-state index is 12.1. The van der Waals surface area contributed by atoms with E-state index in [2.05, 4.69) is 26.2 Å². The number of carbonyl (C=O) groups is 1. The minimum absolute atomic E-state index is 0.195. The molecule has 2 rings (SSSR count). The second kappa shape index (κ2) is 5.50. The van der Waals surface area contributed by atoms with Crippen molar-refractivity contribution in [3.63, 3.8) is 0 Å². The number of halogens is 2. The van der Waals surface area contributed by atoms with Crippen molar-refractivity contribution in [3.05, 3.63) is 57.3 Å². The molecule has 0 unspecified atom stereocenters. The van der Waals surface area contributed by atoms with Crippen molar-refractivity contribution in [3.8, 4) is 0 Å². The van der Waals surface area contributed by atoms with Gasteiger partial charge in [-0.3, -0.25) is 4.79 Å². The Morgan fingerprint density at radius 2 is 2.11 bits per heavy atom. The van der Waals surface area contributed by atoms with E-state index in [9.17, 15) is 4.79 Å². The van der Waals surface area contributed by atoms with Crippen molar-refractivity contribution < 1.29 is 4.79 Å². The Labute approximate surface area is 118 Å². The third kappa shape index (κ3) is 2.89. The lowest BCUT2D eigenvalue weighted by atomic mass is 10.1. The molecule has 0 atom stereocenters. The molecule has 0 saturated heterocycles. The zero-order chi connectivity index (χ0) is 13.1. The van der Waals surface area contributed by atoms with Crippen molar-refractivity contribution in [1.29, 1.82) is 0 Å². The number of benzene rings is 1. The largest absolute Gasteiger partial charge is 0.321 e. The summed E-state index contributed by atoms with van der Waals surface area (Å²) in [6.45, 7) is 1.82. The molecule has 0 aliphatic carbocycles. The van der Waals surface area contributed by atoms with Gasteiger partial charge in [0.05, 0.1) is 11.9 Å². The number of aromatic nitrogens is 1. The first-order chi connectivity index (χ1) is 8.58. The maximum absolute atomic E-state index is 12.1. The Balaban J connectivity index is 2.22. The summed E-state index contributed by atoms with van der Waals surface area (Å²) >= 11 is 9.22. The van der Waals surface area contributed by atoms with Crippen LogP contribution in [0.3, 0.4) is 0 Å². The van der Waals surface area contributed by atoms with Crippen LogP contribution in [0.25, 0.3) is 0 Å². The number of carbonyl (C=O) groups excluding carboxylic acids is 1. The molecule has 0 radical (unpaired) electrons. The van der Waals surface area contributed by atoms with E-state index >= 15 is 0 Å². The van der Waals surface area contributed by atoms with Gasteiger partial charge in [-0.1, -0.05) is 17.7 Å². The normalized spacial score (nSPS) is 10.2. The topological polar surface area (TPSA) is 42.0 Å². The SMILES string of the molecule is Cc1c(Cl)cccc1C(=O)Nc1ccc(Br)nc1. The molecule has 2 aromatic rings. The van der Waals surface area contributed by atoms with E-state index in [0.717, 1.165) is 10.2 Å². The van der Waals surface area contributed by atoms with Crippen LogP contribution in [-0.2, 0) is 0 Å². The van der Waals surface area contributed by atoms with Gasteiger partial charge in [-0.05, 0) is 52.7 Å². The first-order valence-corrected chi connectivity index (χ1v) is 6.43. The molecule has 0 saturated carbocycles. The van der Waals surface area contributed by atoms with Gasteiger partial charge >= 0.3 is 0 Å². The summed E-state index contributed by atoms with van der Waals surface area (Å²) in [5.74, 6) is -0.195. The van der Waals surface area contributed by atoms with Crippen LogP contribution in [0, 0.1) is 6.92 Å². The number of rotatable bonds is 2. The Morgan fingerprint density at radius 1 is 1.33 bits per heavy atom. The van der Waals surface area contributed by atoms with E-state index in [1.165, 1.54) is 0 Å². The molecule has 1 aromatic heterocycles. The van der Waals surface area contributed by atoms with Crippen LogP contribution in [0.2, 0.25) is 5.02 Å². The van der Waals surface area contributed by atoms with Crippen molar-refractivity contribution >= 4 is 39.1 Å². The van der Waals surface area contributed by atoms with Gasteiger partial charge in [0.1, 0.15) is 4.60 Å². The molecular weight excluding hydrogens is 316 g/mol. The second-order valence-electron chi connectivity index (χ2n) is 3.74. The van der Waals surface area contributed by atoms with Crippen molar-refractivity contribution in [1.82, 2.24) is 4.98 Å². The summed E-state index contributed by atoms with van der Waals surface area (Å²) in [6.07, 6.45) is 1.59. The van der Waals surface area contributed by atoms with E-state index in [0.29, 0.717) is 16.3 Å². The van der Waals surface area contributed by atoms with Gasteiger partial charge < -0.3 is 5.32 Å². The molecule has 0 aliphatic heterocycles. The number of pyridine rings is 1. The number of amides is 1. The minimum atomic E-state index is -0.195. The molecule has 92 valence electrons. The van der Waals surface area contributed by atoms with Crippen molar-refractivity contribution in [2.75, 3.05) is 5.32 Å². The van der Waals surface area contributed by atoms with Crippen molar-refractivity contribution in [2.45, 2.75) is 6.92 Å². The van der Waals surface area contributed by atoms with Crippen molar-refractivity contribution in [2.24, 2.45) is 0 Å². The van der Waals surface area contributed by atoms with E-state index < -0.39 is 0 Å². The summed E-state index contributed by atoms with van der Waals surface area (Å²) in [6, 6.07) is 8.79. The number of nitrogens with one attached hydrogen (secondary N) is 1. The number of anilines is 1. The maximum Gasteiger partial charge on any atom is 0.256 e. The molecular formula is C13H10BrClN2O. The van der Waals surface area contributed by atoms with Crippen LogP contribution in [-0.4, -0.2) is 10.9 Å². The molecule has 1 amide bonds. The number of hydrogen-bond acceptors (Lipinski definition) is 2. The second-order valence-corrected chi connectivity index (χ2v) is 4.96. The summed E-state index contributed by atoms with van der Waals surface area (Å²) in [5.41, 5.74) is 1.97. The smallest absolute Gasteiger partial charge is 0.256 e. The lowest BCUT2D eigenvalue weighted by Gasteiger charge is -2.08. The monoisotopic (exact) mass is 324 g/mol. The lowest BCUT2D eigenvalue weighted by molar-refractivity contribution is 0.102. The average molecular weight is 326 g/mol. The fourth-order valence-electron chi connectivity index (χ4n) is 1.50. The van der Waals surface area contributed by atoms with Gasteiger partial charge in [-0.25, -0.2) is 4.98 Å². The van der Waals surface area contributed by atoms with E-state index in [-0.39, 0.29) is 5.91 Å². The molecule has 3 nitrogen and oxygen atoms in total. The third-order valence-electron chi connectivity index (χ3n) is 2.50. The molecule has 5 heteroatoms. The highest BCUT2D eigenvalue weighted by Gasteiger charge is 2.11. The Kier molecular flexibility index (Phi) is 3.99. The molecule has 1 heterocycles. The molecule has 1 N–H and O–H groups in total. The molecule has 1 aromatic carbocycles. The Morgan fingerprint density at radius 3 is 2.78 bits per heavy atom. The van der Waals surface area contributed by atoms with Crippen LogP contribution >= 0.6 is 27.5 Å². The standard InChI is InChI=1S/C13H10BrClN2O/c1-8-10(3-2-4-11(8)15)13(18)17-9-5-6-12(14)16-7-9/h2-7H,1H3,(H,17,18). The van der Waals surface area contributed by atoms with Crippen LogP contribution in [0.4, 0.5) is 5.69 Å². The average Bonchev–Trinajstić information content (AvgIpc) is 2.35. The van der Waals surface area contributed by atoms with Crippen LogP contribution in [0.1, 0.15) is 15.9 Å². The van der Waals surface area contributed by atoms with Gasteiger partial charge in [0.2, 0.25) is 0 Å². The molecule has 0 aliphatic rings. The molecule has 0 spiro atoms. The predicted molar refractivity (Wildman–Crippen MR) is 76.1 cm³/mol. The van der Waals surface area contributed by atoms with Gasteiger partial charge in [0, 0.05) is 10.6 Å². The summed E-state index contributed by atoms with van der Waals surface area (Å²) in [4.78, 5) is 16.1. The first-order valence-electron chi connectivity index (χ1n) is 5.26. The highest BCUT2D eigenvalue weighted by molar-refractivity contribution is 9.10. The Hall–Kier alpha value is -1.39. The zero-order valence-corrected chi connectivity index (χ0v) is 11.9. The number of nitrogens with zero attached hydrogens (tertiary/aromatic N) is 1.